The van der Waals surface area contributed by atoms with Gasteiger partial charge in [0.25, 0.3) is 0 Å². The molecule has 0 radical (unpaired) electrons. The van der Waals surface area contributed by atoms with Gasteiger partial charge in [-0.3, -0.25) is 4.79 Å². The van der Waals surface area contributed by atoms with Gasteiger partial charge in [0.1, 0.15) is 0 Å². The van der Waals surface area contributed by atoms with E-state index >= 15 is 0 Å². The topological polar surface area (TPSA) is 29.1 Å². The van der Waals surface area contributed by atoms with E-state index in [9.17, 15) is 4.79 Å². The van der Waals surface area contributed by atoms with Crippen molar-refractivity contribution in [2.75, 3.05) is 12.4 Å². The molecule has 0 rings (SSSR count). The van der Waals surface area contributed by atoms with Crippen LogP contribution in [0.3, 0.4) is 0 Å². The van der Waals surface area contributed by atoms with Gasteiger partial charge < -0.3 is 5.32 Å². The molecular weight excluding hydrogens is 162 g/mol. The van der Waals surface area contributed by atoms with Crippen LogP contribution in [-0.4, -0.2) is 18.3 Å². The van der Waals surface area contributed by atoms with Gasteiger partial charge >= 0.3 is 0 Å². The zero-order valence-corrected chi connectivity index (χ0v) is 7.95. The van der Waals surface area contributed by atoms with E-state index in [1.165, 1.54) is 0 Å². The lowest BCUT2D eigenvalue weighted by Crippen LogP contribution is -2.28. The second-order valence-corrected chi connectivity index (χ2v) is 3.22. The summed E-state index contributed by atoms with van der Waals surface area (Å²) in [5.74, 6) is 0.892. The first kappa shape index (κ1) is 10.8. The van der Waals surface area contributed by atoms with E-state index in [0.717, 1.165) is 19.4 Å². The normalized spacial score (nSPS) is 10.2. The van der Waals surface area contributed by atoms with Gasteiger partial charge in [-0.1, -0.05) is 13.8 Å². The standard InChI is InChI=1S/C8H16ClNO/c1-7(2)8(11)10-6-4-3-5-9/h7H,3-6H2,1-2H3,(H,10,11). The summed E-state index contributed by atoms with van der Waals surface area (Å²) < 4.78 is 0. The van der Waals surface area contributed by atoms with Crippen molar-refractivity contribution in [2.45, 2.75) is 26.7 Å². The fourth-order valence-corrected chi connectivity index (χ4v) is 0.824. The van der Waals surface area contributed by atoms with E-state index in [-0.39, 0.29) is 11.8 Å². The van der Waals surface area contributed by atoms with Crippen LogP contribution in [0.4, 0.5) is 0 Å². The van der Waals surface area contributed by atoms with Crippen molar-refractivity contribution in [1.29, 1.82) is 0 Å². The van der Waals surface area contributed by atoms with Crippen LogP contribution in [0.15, 0.2) is 0 Å². The van der Waals surface area contributed by atoms with E-state index in [1.54, 1.807) is 0 Å². The molecule has 3 heteroatoms. The molecule has 0 atom stereocenters. The molecule has 1 N–H and O–H groups in total. The summed E-state index contributed by atoms with van der Waals surface area (Å²) in [7, 11) is 0. The monoisotopic (exact) mass is 177 g/mol. The highest BCUT2D eigenvalue weighted by Crippen LogP contribution is 1.93. The Kier molecular flexibility index (Phi) is 6.33. The predicted molar refractivity (Wildman–Crippen MR) is 47.8 cm³/mol. The maximum atomic E-state index is 11.0. The van der Waals surface area contributed by atoms with Gasteiger partial charge in [0.2, 0.25) is 5.91 Å². The molecule has 0 aromatic carbocycles. The molecule has 0 unspecified atom stereocenters. The Bertz CT molecular complexity index is 115. The van der Waals surface area contributed by atoms with Gasteiger partial charge in [0.05, 0.1) is 0 Å². The van der Waals surface area contributed by atoms with Crippen molar-refractivity contribution in [2.24, 2.45) is 5.92 Å². The van der Waals surface area contributed by atoms with Crippen LogP contribution in [0, 0.1) is 5.92 Å². The number of carbonyl (C=O) groups is 1. The maximum Gasteiger partial charge on any atom is 0.222 e. The first-order chi connectivity index (χ1) is 5.18. The second kappa shape index (κ2) is 6.47. The Morgan fingerprint density at radius 3 is 2.55 bits per heavy atom. The van der Waals surface area contributed by atoms with Crippen LogP contribution in [-0.2, 0) is 4.79 Å². The maximum absolute atomic E-state index is 11.0. The smallest absolute Gasteiger partial charge is 0.222 e. The van der Waals surface area contributed by atoms with E-state index in [4.69, 9.17) is 11.6 Å². The zero-order valence-electron chi connectivity index (χ0n) is 7.19. The molecule has 66 valence electrons. The van der Waals surface area contributed by atoms with Crippen molar-refractivity contribution in [1.82, 2.24) is 5.32 Å². The Labute approximate surface area is 73.3 Å². The molecule has 1 amide bonds. The average molecular weight is 178 g/mol. The summed E-state index contributed by atoms with van der Waals surface area (Å²) >= 11 is 5.47. The Balaban J connectivity index is 3.18. The van der Waals surface area contributed by atoms with Crippen molar-refractivity contribution >= 4 is 17.5 Å². The summed E-state index contributed by atoms with van der Waals surface area (Å²) in [6.07, 6.45) is 1.95. The van der Waals surface area contributed by atoms with Crippen molar-refractivity contribution in [3.8, 4) is 0 Å². The number of rotatable bonds is 5. The molecule has 0 aliphatic heterocycles. The summed E-state index contributed by atoms with van der Waals surface area (Å²) in [4.78, 5) is 11.0. The molecule has 0 aromatic rings. The van der Waals surface area contributed by atoms with Crippen molar-refractivity contribution in [3.63, 3.8) is 0 Å². The van der Waals surface area contributed by atoms with E-state index in [0.29, 0.717) is 5.88 Å². The molecule has 0 aliphatic rings. The summed E-state index contributed by atoms with van der Waals surface area (Å²) in [6.45, 7) is 4.53. The molecule has 0 aromatic heterocycles. The number of hydrogen-bond acceptors (Lipinski definition) is 1. The summed E-state index contributed by atoms with van der Waals surface area (Å²) in [5, 5.41) is 2.82. The summed E-state index contributed by atoms with van der Waals surface area (Å²) in [5.41, 5.74) is 0. The first-order valence-electron chi connectivity index (χ1n) is 4.02. The molecule has 0 saturated carbocycles. The minimum atomic E-state index is 0.0889. The van der Waals surface area contributed by atoms with Gasteiger partial charge in [-0.15, -0.1) is 11.6 Å². The van der Waals surface area contributed by atoms with Crippen LogP contribution in [0.25, 0.3) is 0 Å². The lowest BCUT2D eigenvalue weighted by atomic mass is 10.2. The summed E-state index contributed by atoms with van der Waals surface area (Å²) in [6, 6.07) is 0. The number of amides is 1. The van der Waals surface area contributed by atoms with Gasteiger partial charge in [-0.2, -0.15) is 0 Å². The molecule has 11 heavy (non-hydrogen) atoms. The third kappa shape index (κ3) is 6.17. The van der Waals surface area contributed by atoms with Crippen LogP contribution >= 0.6 is 11.6 Å². The number of nitrogens with one attached hydrogen (secondary N) is 1. The predicted octanol–water partition coefficient (Wildman–Crippen LogP) is 1.78. The molecule has 0 bridgehead atoms. The number of hydrogen-bond donors (Lipinski definition) is 1. The third-order valence-electron chi connectivity index (χ3n) is 1.38. The Morgan fingerprint density at radius 1 is 1.45 bits per heavy atom. The van der Waals surface area contributed by atoms with Crippen molar-refractivity contribution < 1.29 is 4.79 Å². The number of halogens is 1. The van der Waals surface area contributed by atoms with Crippen LogP contribution in [0.5, 0.6) is 0 Å². The zero-order chi connectivity index (χ0) is 8.69. The largest absolute Gasteiger partial charge is 0.356 e. The van der Waals surface area contributed by atoms with Gasteiger partial charge in [0.15, 0.2) is 0 Å². The molecule has 0 heterocycles. The number of carbonyl (C=O) groups excluding carboxylic acids is 1. The highest BCUT2D eigenvalue weighted by Gasteiger charge is 2.03. The first-order valence-corrected chi connectivity index (χ1v) is 4.55. The van der Waals surface area contributed by atoms with E-state index < -0.39 is 0 Å². The van der Waals surface area contributed by atoms with Crippen LogP contribution < -0.4 is 5.32 Å². The highest BCUT2D eigenvalue weighted by molar-refractivity contribution is 6.17. The Morgan fingerprint density at radius 2 is 2.09 bits per heavy atom. The fourth-order valence-electron chi connectivity index (χ4n) is 0.635. The van der Waals surface area contributed by atoms with Gasteiger partial charge in [0, 0.05) is 18.3 Å². The SMILES string of the molecule is CC(C)C(=O)NCCCCCl. The Hall–Kier alpha value is -0.240. The van der Waals surface area contributed by atoms with Gasteiger partial charge in [-0.05, 0) is 12.8 Å². The van der Waals surface area contributed by atoms with E-state index in [2.05, 4.69) is 5.32 Å². The molecule has 0 saturated heterocycles. The fraction of sp³-hybridized carbons (Fsp3) is 0.875. The molecule has 0 aliphatic carbocycles. The molecule has 0 fully saturated rings. The third-order valence-corrected chi connectivity index (χ3v) is 1.65. The average Bonchev–Trinajstić information content (AvgIpc) is 1.97. The van der Waals surface area contributed by atoms with Gasteiger partial charge in [-0.25, -0.2) is 0 Å². The van der Waals surface area contributed by atoms with Crippen LogP contribution in [0.2, 0.25) is 0 Å². The molecule has 2 nitrogen and oxygen atoms in total. The molecule has 0 spiro atoms. The molecular formula is C8H16ClNO. The number of alkyl halides is 1. The van der Waals surface area contributed by atoms with Crippen molar-refractivity contribution in [3.05, 3.63) is 0 Å². The second-order valence-electron chi connectivity index (χ2n) is 2.84. The lowest BCUT2D eigenvalue weighted by molar-refractivity contribution is -0.123. The number of unbranched alkanes of at least 4 members (excludes halogenated alkanes) is 1. The van der Waals surface area contributed by atoms with E-state index in [1.807, 2.05) is 13.8 Å². The lowest BCUT2D eigenvalue weighted by Gasteiger charge is -2.05. The van der Waals surface area contributed by atoms with Crippen LogP contribution in [0.1, 0.15) is 26.7 Å². The minimum Gasteiger partial charge on any atom is -0.356 e. The highest BCUT2D eigenvalue weighted by atomic mass is 35.5. The minimum absolute atomic E-state index is 0.0889. The quantitative estimate of drug-likeness (QED) is 0.504.